The number of aryl methyl sites for hydroxylation is 1. The van der Waals surface area contributed by atoms with E-state index in [-0.39, 0.29) is 35.9 Å². The molecule has 0 bridgehead atoms. The summed E-state index contributed by atoms with van der Waals surface area (Å²) in [6, 6.07) is 26.9. The molecular formula is C37H42FN3O5S. The summed E-state index contributed by atoms with van der Waals surface area (Å²) in [4.78, 5) is 30.0. The van der Waals surface area contributed by atoms with Crippen LogP contribution in [-0.2, 0) is 32.6 Å². The highest BCUT2D eigenvalue weighted by Crippen LogP contribution is 2.33. The minimum atomic E-state index is -4.30. The van der Waals surface area contributed by atoms with Crippen molar-refractivity contribution in [2.75, 3.05) is 17.5 Å². The number of para-hydroxylation sites is 2. The molecule has 0 fully saturated rings. The van der Waals surface area contributed by atoms with Crippen molar-refractivity contribution in [3.05, 3.63) is 126 Å². The fourth-order valence-electron chi connectivity index (χ4n) is 5.08. The molecule has 0 heterocycles. The zero-order valence-corrected chi connectivity index (χ0v) is 28.3. The van der Waals surface area contributed by atoms with Gasteiger partial charge in [0.1, 0.15) is 24.2 Å². The number of rotatable bonds is 13. The van der Waals surface area contributed by atoms with E-state index in [1.807, 2.05) is 58.0 Å². The predicted octanol–water partition coefficient (Wildman–Crippen LogP) is 6.28. The number of hydrogen-bond donors (Lipinski definition) is 1. The number of sulfonamides is 1. The van der Waals surface area contributed by atoms with Crippen molar-refractivity contribution in [2.45, 2.75) is 64.1 Å². The Bertz CT molecular complexity index is 1760. The first-order chi connectivity index (χ1) is 22.3. The summed E-state index contributed by atoms with van der Waals surface area (Å²) < 4.78 is 49.4. The van der Waals surface area contributed by atoms with Gasteiger partial charge in [-0.1, -0.05) is 72.3 Å². The Labute approximate surface area is 277 Å². The fourth-order valence-corrected chi connectivity index (χ4v) is 6.51. The molecule has 1 atom stereocenters. The van der Waals surface area contributed by atoms with Crippen LogP contribution in [0.25, 0.3) is 0 Å². The predicted molar refractivity (Wildman–Crippen MR) is 182 cm³/mol. The minimum absolute atomic E-state index is 0.00130. The third kappa shape index (κ3) is 9.42. The Kier molecular flexibility index (Phi) is 11.4. The second kappa shape index (κ2) is 15.3. The van der Waals surface area contributed by atoms with Crippen LogP contribution >= 0.6 is 0 Å². The van der Waals surface area contributed by atoms with Crippen molar-refractivity contribution in [1.82, 2.24) is 10.2 Å². The molecule has 0 aromatic heterocycles. The molecule has 0 aliphatic carbocycles. The molecule has 10 heteroatoms. The SMILES string of the molecule is CCOc1ccccc1N(CC(=O)N(Cc1ccc(F)cc1)C(Cc1ccccc1)C(=O)NC(C)(C)C)S(=O)(=O)c1ccc(C)cc1. The van der Waals surface area contributed by atoms with Crippen molar-refractivity contribution in [3.63, 3.8) is 0 Å². The van der Waals surface area contributed by atoms with Crippen LogP contribution in [0.3, 0.4) is 0 Å². The van der Waals surface area contributed by atoms with E-state index in [2.05, 4.69) is 5.32 Å². The van der Waals surface area contributed by atoms with E-state index in [0.717, 1.165) is 15.4 Å². The number of ether oxygens (including phenoxy) is 1. The van der Waals surface area contributed by atoms with Gasteiger partial charge in [-0.3, -0.25) is 13.9 Å². The van der Waals surface area contributed by atoms with Gasteiger partial charge in [0.05, 0.1) is 17.2 Å². The highest BCUT2D eigenvalue weighted by Gasteiger charge is 2.36. The van der Waals surface area contributed by atoms with E-state index < -0.39 is 45.8 Å². The van der Waals surface area contributed by atoms with Gasteiger partial charge in [-0.25, -0.2) is 12.8 Å². The molecule has 4 aromatic rings. The Morgan fingerprint density at radius 1 is 0.851 bits per heavy atom. The third-order valence-electron chi connectivity index (χ3n) is 7.36. The fraction of sp³-hybridized carbons (Fsp3) is 0.297. The van der Waals surface area contributed by atoms with Crippen molar-refractivity contribution < 1.29 is 27.1 Å². The van der Waals surface area contributed by atoms with Gasteiger partial charge in [0.15, 0.2) is 0 Å². The lowest BCUT2D eigenvalue weighted by molar-refractivity contribution is -0.140. The van der Waals surface area contributed by atoms with Crippen molar-refractivity contribution in [3.8, 4) is 5.75 Å². The zero-order valence-electron chi connectivity index (χ0n) is 27.4. The summed E-state index contributed by atoms with van der Waals surface area (Å²) in [6.45, 7) is 8.74. The topological polar surface area (TPSA) is 96.0 Å². The van der Waals surface area contributed by atoms with Gasteiger partial charge in [0.2, 0.25) is 11.8 Å². The van der Waals surface area contributed by atoms with Gasteiger partial charge in [-0.2, -0.15) is 0 Å². The lowest BCUT2D eigenvalue weighted by Crippen LogP contribution is -2.56. The summed E-state index contributed by atoms with van der Waals surface area (Å²) in [5.74, 6) is -1.18. The highest BCUT2D eigenvalue weighted by molar-refractivity contribution is 7.92. The van der Waals surface area contributed by atoms with E-state index in [9.17, 15) is 22.4 Å². The highest BCUT2D eigenvalue weighted by atomic mass is 32.2. The van der Waals surface area contributed by atoms with Gasteiger partial charge < -0.3 is 15.0 Å². The van der Waals surface area contributed by atoms with Crippen LogP contribution in [0.1, 0.15) is 44.4 Å². The molecule has 47 heavy (non-hydrogen) atoms. The normalized spacial score (nSPS) is 12.2. The number of carbonyl (C=O) groups is 2. The quantitative estimate of drug-likeness (QED) is 0.182. The van der Waals surface area contributed by atoms with E-state index in [1.165, 1.54) is 29.2 Å². The molecule has 4 aromatic carbocycles. The first-order valence-electron chi connectivity index (χ1n) is 15.5. The Morgan fingerprint density at radius 3 is 2.09 bits per heavy atom. The molecule has 0 radical (unpaired) electrons. The summed E-state index contributed by atoms with van der Waals surface area (Å²) >= 11 is 0. The number of hydrogen-bond acceptors (Lipinski definition) is 5. The summed E-state index contributed by atoms with van der Waals surface area (Å²) in [7, 11) is -4.30. The summed E-state index contributed by atoms with van der Waals surface area (Å²) in [5, 5.41) is 3.00. The zero-order chi connectivity index (χ0) is 34.2. The van der Waals surface area contributed by atoms with Crippen LogP contribution in [0.15, 0.2) is 108 Å². The maximum Gasteiger partial charge on any atom is 0.264 e. The first kappa shape index (κ1) is 35.2. The van der Waals surface area contributed by atoms with E-state index in [4.69, 9.17) is 4.74 Å². The number of anilines is 1. The first-order valence-corrected chi connectivity index (χ1v) is 16.9. The van der Waals surface area contributed by atoms with Crippen LogP contribution in [0.4, 0.5) is 10.1 Å². The summed E-state index contributed by atoms with van der Waals surface area (Å²) in [5.41, 5.74) is 1.82. The van der Waals surface area contributed by atoms with Gasteiger partial charge in [-0.15, -0.1) is 0 Å². The van der Waals surface area contributed by atoms with Gasteiger partial charge in [-0.05, 0) is 82.1 Å². The van der Waals surface area contributed by atoms with Crippen LogP contribution in [0.5, 0.6) is 5.75 Å². The Hall–Kier alpha value is -4.70. The monoisotopic (exact) mass is 659 g/mol. The molecule has 0 saturated carbocycles. The summed E-state index contributed by atoms with van der Waals surface area (Å²) in [6.07, 6.45) is 0.163. The minimum Gasteiger partial charge on any atom is -0.492 e. The maximum atomic E-state index is 14.6. The number of benzene rings is 4. The van der Waals surface area contributed by atoms with Gasteiger partial charge in [0.25, 0.3) is 10.0 Å². The average molecular weight is 660 g/mol. The lowest BCUT2D eigenvalue weighted by atomic mass is 10.0. The third-order valence-corrected chi connectivity index (χ3v) is 9.13. The molecule has 4 rings (SSSR count). The molecule has 1 N–H and O–H groups in total. The standard InChI is InChI=1S/C37H42FN3O5S/c1-6-46-34-15-11-10-14-32(34)41(47(44,45)31-22-16-27(2)17-23-31)26-35(42)40(25-29-18-20-30(38)21-19-29)33(36(43)39-37(3,4)5)24-28-12-8-7-9-13-28/h7-23,33H,6,24-26H2,1-5H3,(H,39,43). The molecule has 248 valence electrons. The lowest BCUT2D eigenvalue weighted by Gasteiger charge is -2.35. The number of carbonyl (C=O) groups excluding carboxylic acids is 2. The molecule has 8 nitrogen and oxygen atoms in total. The maximum absolute atomic E-state index is 14.6. The number of nitrogens with zero attached hydrogens (tertiary/aromatic N) is 2. The second-order valence-corrected chi connectivity index (χ2v) is 14.2. The number of nitrogens with one attached hydrogen (secondary N) is 1. The molecular weight excluding hydrogens is 617 g/mol. The van der Waals surface area contributed by atoms with Crippen LogP contribution in [0.2, 0.25) is 0 Å². The van der Waals surface area contributed by atoms with Crippen LogP contribution in [-0.4, -0.2) is 49.9 Å². The van der Waals surface area contributed by atoms with E-state index >= 15 is 0 Å². The van der Waals surface area contributed by atoms with Crippen LogP contribution < -0.4 is 14.4 Å². The van der Waals surface area contributed by atoms with Gasteiger partial charge >= 0.3 is 0 Å². The van der Waals surface area contributed by atoms with Crippen molar-refractivity contribution >= 4 is 27.5 Å². The van der Waals surface area contributed by atoms with Crippen molar-refractivity contribution in [2.24, 2.45) is 0 Å². The molecule has 0 spiro atoms. The largest absolute Gasteiger partial charge is 0.492 e. The van der Waals surface area contributed by atoms with Crippen molar-refractivity contribution in [1.29, 1.82) is 0 Å². The number of halogens is 1. The van der Waals surface area contributed by atoms with E-state index in [0.29, 0.717) is 5.56 Å². The smallest absolute Gasteiger partial charge is 0.264 e. The van der Waals surface area contributed by atoms with Gasteiger partial charge in [0, 0.05) is 18.5 Å². The number of amides is 2. The second-order valence-electron chi connectivity index (χ2n) is 12.3. The van der Waals surface area contributed by atoms with Crippen LogP contribution in [0, 0.1) is 12.7 Å². The molecule has 1 unspecified atom stereocenters. The average Bonchev–Trinajstić information content (AvgIpc) is 3.02. The Balaban J connectivity index is 1.85. The molecule has 0 aliphatic heterocycles. The van der Waals surface area contributed by atoms with E-state index in [1.54, 1.807) is 55.5 Å². The molecule has 0 aliphatic rings. The molecule has 0 saturated heterocycles. The Morgan fingerprint density at radius 2 is 1.47 bits per heavy atom. The molecule has 2 amide bonds.